The molecule has 43 heavy (non-hydrogen) atoms. The zero-order valence-corrected chi connectivity index (χ0v) is 26.1. The van der Waals surface area contributed by atoms with Crippen LogP contribution in [0.2, 0.25) is 0 Å². The summed E-state index contributed by atoms with van der Waals surface area (Å²) in [6.07, 6.45) is 3.14. The maximum atomic E-state index is 10.3. The van der Waals surface area contributed by atoms with Gasteiger partial charge in [0.1, 0.15) is 18.2 Å². The molecular formula is C40H37N2O+. The number of benzene rings is 4. The van der Waals surface area contributed by atoms with E-state index in [4.69, 9.17) is 4.42 Å². The van der Waals surface area contributed by atoms with Gasteiger partial charge < -0.3 is 4.42 Å². The van der Waals surface area contributed by atoms with Crippen LogP contribution in [0.1, 0.15) is 62.4 Å². The first kappa shape index (κ1) is 27.2. The minimum atomic E-state index is -0.0721. The van der Waals surface area contributed by atoms with Crippen LogP contribution in [-0.4, -0.2) is 0 Å². The van der Waals surface area contributed by atoms with Gasteiger partial charge in [0.2, 0.25) is 5.69 Å². The van der Waals surface area contributed by atoms with Gasteiger partial charge in [0, 0.05) is 33.9 Å². The zero-order chi connectivity index (χ0) is 30.3. The molecule has 4 aromatic carbocycles. The van der Waals surface area contributed by atoms with Gasteiger partial charge in [-0.1, -0.05) is 83.1 Å². The smallest absolute Gasteiger partial charge is 0.216 e. The first-order valence-electron chi connectivity index (χ1n) is 15.1. The Morgan fingerprint density at radius 3 is 2.26 bits per heavy atom. The quantitative estimate of drug-likeness (QED) is 0.202. The first-order chi connectivity index (χ1) is 20.5. The van der Waals surface area contributed by atoms with Crippen LogP contribution in [0.4, 0.5) is 0 Å². The second kappa shape index (κ2) is 9.41. The Morgan fingerprint density at radius 2 is 1.51 bits per heavy atom. The number of pyridine rings is 1. The number of nitrogens with zero attached hydrogens (tertiary/aromatic N) is 2. The number of fused-ring (bicyclic) bond motifs is 6. The van der Waals surface area contributed by atoms with Crippen molar-refractivity contribution in [2.75, 3.05) is 0 Å². The van der Waals surface area contributed by atoms with Gasteiger partial charge in [0.25, 0.3) is 0 Å². The third kappa shape index (κ3) is 4.20. The highest BCUT2D eigenvalue weighted by Gasteiger charge is 2.35. The van der Waals surface area contributed by atoms with Crippen LogP contribution in [0, 0.1) is 23.7 Å². The van der Waals surface area contributed by atoms with Gasteiger partial charge in [-0.2, -0.15) is 5.26 Å². The van der Waals surface area contributed by atoms with E-state index in [1.807, 2.05) is 12.1 Å². The van der Waals surface area contributed by atoms with E-state index in [-0.39, 0.29) is 10.8 Å². The highest BCUT2D eigenvalue weighted by molar-refractivity contribution is 6.14. The lowest BCUT2D eigenvalue weighted by Crippen LogP contribution is -2.31. The van der Waals surface area contributed by atoms with E-state index in [2.05, 4.69) is 132 Å². The van der Waals surface area contributed by atoms with Crippen molar-refractivity contribution >= 4 is 21.9 Å². The van der Waals surface area contributed by atoms with Crippen LogP contribution in [0.3, 0.4) is 0 Å². The SMILES string of the molecule is Cc1ccc2c(oc3c(-c4ccc5c(c4)-c4ccccc4C5(C)C)c(C#N)ccc32)c1-c1cc(CC(C)(C)C)cc[n+]1C. The summed E-state index contributed by atoms with van der Waals surface area (Å²) in [5.41, 5.74) is 14.1. The van der Waals surface area contributed by atoms with Gasteiger partial charge >= 0.3 is 0 Å². The maximum Gasteiger partial charge on any atom is 0.216 e. The van der Waals surface area contributed by atoms with Gasteiger partial charge in [-0.15, -0.1) is 0 Å². The molecule has 6 aromatic rings. The van der Waals surface area contributed by atoms with E-state index in [0.717, 1.165) is 56.3 Å². The Bertz CT molecular complexity index is 2150. The van der Waals surface area contributed by atoms with E-state index in [9.17, 15) is 5.26 Å². The Labute approximate surface area is 254 Å². The topological polar surface area (TPSA) is 40.8 Å². The standard InChI is InChI=1S/C40H37N2O/c1-24-12-15-29-30-16-13-27(23-41)36(26-14-17-33-31(21-26)28-10-8-9-11-32(28)40(33,5)6)38(30)43-37(29)35(24)34-20-25(18-19-42(34)7)22-39(2,3)4/h8-21H,22H2,1-7H3/q+1. The van der Waals surface area contributed by atoms with E-state index >= 15 is 0 Å². The molecule has 2 aromatic heterocycles. The van der Waals surface area contributed by atoms with Gasteiger partial charge in [-0.3, -0.25) is 0 Å². The van der Waals surface area contributed by atoms with E-state index in [1.165, 1.54) is 27.8 Å². The van der Waals surface area contributed by atoms with E-state index in [0.29, 0.717) is 5.56 Å². The van der Waals surface area contributed by atoms with Crippen molar-refractivity contribution in [3.8, 4) is 39.6 Å². The lowest BCUT2D eigenvalue weighted by atomic mass is 9.82. The Kier molecular flexibility index (Phi) is 5.95. The lowest BCUT2D eigenvalue weighted by Gasteiger charge is -2.21. The predicted molar refractivity (Wildman–Crippen MR) is 176 cm³/mol. The third-order valence-electron chi connectivity index (χ3n) is 9.22. The molecule has 0 bridgehead atoms. The molecular weight excluding hydrogens is 524 g/mol. The first-order valence-corrected chi connectivity index (χ1v) is 15.1. The Balaban J connectivity index is 1.49. The van der Waals surface area contributed by atoms with Crippen molar-refractivity contribution in [2.45, 2.75) is 53.4 Å². The van der Waals surface area contributed by atoms with Crippen LogP contribution in [-0.2, 0) is 18.9 Å². The van der Waals surface area contributed by atoms with Gasteiger partial charge in [0.15, 0.2) is 6.20 Å². The summed E-state index contributed by atoms with van der Waals surface area (Å²) in [5.74, 6) is 0. The molecule has 0 atom stereocenters. The molecule has 212 valence electrons. The molecule has 0 saturated heterocycles. The summed E-state index contributed by atoms with van der Waals surface area (Å²) in [4.78, 5) is 0. The van der Waals surface area contributed by atoms with Crippen LogP contribution in [0.25, 0.3) is 55.4 Å². The van der Waals surface area contributed by atoms with E-state index < -0.39 is 0 Å². The van der Waals surface area contributed by atoms with Crippen molar-refractivity contribution < 1.29 is 8.98 Å². The van der Waals surface area contributed by atoms with Gasteiger partial charge in [-0.25, -0.2) is 4.57 Å². The number of hydrogen-bond acceptors (Lipinski definition) is 2. The monoisotopic (exact) mass is 561 g/mol. The fourth-order valence-electron chi connectivity index (χ4n) is 7.16. The molecule has 0 N–H and O–H groups in total. The summed E-state index contributed by atoms with van der Waals surface area (Å²) < 4.78 is 9.09. The summed E-state index contributed by atoms with van der Waals surface area (Å²) in [5, 5.41) is 12.4. The number of nitriles is 1. The molecule has 1 aliphatic carbocycles. The average molecular weight is 562 g/mol. The van der Waals surface area contributed by atoms with Gasteiger partial charge in [0.05, 0.1) is 17.2 Å². The number of aryl methyl sites for hydroxylation is 2. The zero-order valence-electron chi connectivity index (χ0n) is 26.1. The molecule has 2 heterocycles. The van der Waals surface area contributed by atoms with E-state index in [1.54, 1.807) is 0 Å². The minimum Gasteiger partial charge on any atom is -0.454 e. The summed E-state index contributed by atoms with van der Waals surface area (Å²) >= 11 is 0. The van der Waals surface area contributed by atoms with Crippen molar-refractivity contribution in [2.24, 2.45) is 12.5 Å². The normalized spacial score (nSPS) is 13.7. The number of aromatic nitrogens is 1. The van der Waals surface area contributed by atoms with Crippen LogP contribution in [0.15, 0.2) is 89.5 Å². The Morgan fingerprint density at radius 1 is 0.814 bits per heavy atom. The summed E-state index contributed by atoms with van der Waals surface area (Å²) in [6, 6.07) is 30.7. The maximum absolute atomic E-state index is 10.3. The molecule has 0 amide bonds. The number of rotatable bonds is 3. The minimum absolute atomic E-state index is 0.0721. The summed E-state index contributed by atoms with van der Waals surface area (Å²) in [7, 11) is 2.10. The fourth-order valence-corrected chi connectivity index (χ4v) is 7.16. The predicted octanol–water partition coefficient (Wildman–Crippen LogP) is 9.82. The molecule has 7 rings (SSSR count). The molecule has 3 heteroatoms. The highest BCUT2D eigenvalue weighted by atomic mass is 16.3. The van der Waals surface area contributed by atoms with Crippen LogP contribution < -0.4 is 4.57 Å². The second-order valence-corrected chi connectivity index (χ2v) is 13.9. The highest BCUT2D eigenvalue weighted by Crippen LogP contribution is 2.50. The largest absolute Gasteiger partial charge is 0.454 e. The van der Waals surface area contributed by atoms with Crippen LogP contribution >= 0.6 is 0 Å². The molecule has 0 aliphatic heterocycles. The molecule has 0 radical (unpaired) electrons. The second-order valence-electron chi connectivity index (χ2n) is 13.9. The molecule has 0 unspecified atom stereocenters. The Hall–Kier alpha value is -4.68. The van der Waals surface area contributed by atoms with Crippen molar-refractivity contribution in [3.63, 3.8) is 0 Å². The number of furan rings is 1. The third-order valence-corrected chi connectivity index (χ3v) is 9.22. The molecule has 1 aliphatic rings. The van der Waals surface area contributed by atoms with Crippen molar-refractivity contribution in [1.82, 2.24) is 0 Å². The molecule has 0 spiro atoms. The number of hydrogen-bond donors (Lipinski definition) is 0. The van der Waals surface area contributed by atoms with Gasteiger partial charge in [-0.05, 0) is 75.9 Å². The summed E-state index contributed by atoms with van der Waals surface area (Å²) in [6.45, 7) is 13.6. The van der Waals surface area contributed by atoms with Crippen molar-refractivity contribution in [3.05, 3.63) is 113 Å². The fraction of sp³-hybridized carbons (Fsp3) is 0.250. The molecule has 0 saturated carbocycles. The average Bonchev–Trinajstić information content (AvgIpc) is 3.45. The van der Waals surface area contributed by atoms with Crippen molar-refractivity contribution in [1.29, 1.82) is 5.26 Å². The molecule has 3 nitrogen and oxygen atoms in total. The molecule has 0 fully saturated rings. The lowest BCUT2D eigenvalue weighted by molar-refractivity contribution is -0.660. The van der Waals surface area contributed by atoms with Crippen LogP contribution in [0.5, 0.6) is 0 Å².